The van der Waals surface area contributed by atoms with Gasteiger partial charge in [0.05, 0.1) is 17.8 Å². The number of esters is 1. The minimum absolute atomic E-state index is 0.0398. The Kier molecular flexibility index (Phi) is 5.87. The van der Waals surface area contributed by atoms with E-state index in [2.05, 4.69) is 14.5 Å². The highest BCUT2D eigenvalue weighted by molar-refractivity contribution is 7.88. The first-order valence-electron chi connectivity index (χ1n) is 9.73. The van der Waals surface area contributed by atoms with Crippen molar-refractivity contribution in [3.63, 3.8) is 0 Å². The standard InChI is InChI=1S/C22H20N4O5S/c1-15-8-10-18(11-9-15)21-23-20(24-31-21)14-30-22(27)19-13-26(32(28,29)25-16(19)2)12-17-6-4-3-5-7-17/h3-11,13H,12,14H2,1-2H3. The van der Waals surface area contributed by atoms with Gasteiger partial charge in [0.25, 0.3) is 5.89 Å². The number of hydrogen-bond donors (Lipinski definition) is 0. The smallest absolute Gasteiger partial charge is 0.344 e. The lowest BCUT2D eigenvalue weighted by molar-refractivity contribution is -0.140. The van der Waals surface area contributed by atoms with Crippen LogP contribution < -0.4 is 0 Å². The number of aryl methyl sites for hydroxylation is 1. The van der Waals surface area contributed by atoms with Crippen LogP contribution in [0.1, 0.15) is 23.9 Å². The number of benzene rings is 2. The molecule has 0 radical (unpaired) electrons. The average Bonchev–Trinajstić information content (AvgIpc) is 3.24. The maximum atomic E-state index is 12.6. The summed E-state index contributed by atoms with van der Waals surface area (Å²) in [5.74, 6) is -0.236. The van der Waals surface area contributed by atoms with E-state index in [9.17, 15) is 13.2 Å². The first-order chi connectivity index (χ1) is 15.3. The van der Waals surface area contributed by atoms with Gasteiger partial charge in [-0.1, -0.05) is 53.2 Å². The second-order valence-corrected chi connectivity index (χ2v) is 8.73. The molecule has 32 heavy (non-hydrogen) atoms. The number of aromatic nitrogens is 2. The number of hydrogen-bond acceptors (Lipinski definition) is 7. The Morgan fingerprint density at radius 3 is 2.50 bits per heavy atom. The number of carbonyl (C=O) groups excluding carboxylic acids is 1. The van der Waals surface area contributed by atoms with Crippen LogP contribution in [0.3, 0.4) is 0 Å². The van der Waals surface area contributed by atoms with E-state index in [0.717, 1.165) is 21.0 Å². The molecule has 0 spiro atoms. The summed E-state index contributed by atoms with van der Waals surface area (Å²) in [6, 6.07) is 16.6. The fourth-order valence-corrected chi connectivity index (χ4v) is 4.10. The van der Waals surface area contributed by atoms with Crippen molar-refractivity contribution in [1.29, 1.82) is 0 Å². The molecule has 1 aliphatic rings. The molecule has 2 aromatic carbocycles. The van der Waals surface area contributed by atoms with Crippen LogP contribution >= 0.6 is 0 Å². The molecule has 0 atom stereocenters. The van der Waals surface area contributed by atoms with Crippen LogP contribution in [-0.4, -0.2) is 34.5 Å². The van der Waals surface area contributed by atoms with E-state index < -0.39 is 16.2 Å². The molecule has 4 rings (SSSR count). The average molecular weight is 452 g/mol. The fraction of sp³-hybridized carbons (Fsp3) is 0.182. The van der Waals surface area contributed by atoms with Crippen molar-refractivity contribution in [3.8, 4) is 11.5 Å². The van der Waals surface area contributed by atoms with Crippen molar-refractivity contribution in [2.24, 2.45) is 4.40 Å². The monoisotopic (exact) mass is 452 g/mol. The highest BCUT2D eigenvalue weighted by Crippen LogP contribution is 2.21. The Hall–Kier alpha value is -3.79. The Labute approximate surface area is 185 Å². The molecule has 0 N–H and O–H groups in total. The molecule has 3 aromatic rings. The van der Waals surface area contributed by atoms with Gasteiger partial charge in [0.15, 0.2) is 6.61 Å². The van der Waals surface area contributed by atoms with Gasteiger partial charge in [-0.15, -0.1) is 4.40 Å². The summed E-state index contributed by atoms with van der Waals surface area (Å²) in [7, 11) is -3.94. The second-order valence-electron chi connectivity index (χ2n) is 7.19. The SMILES string of the molecule is CC1=NS(=O)(=O)N(Cc2ccccc2)C=C1C(=O)OCc1noc(-c2ccc(C)cc2)n1. The Morgan fingerprint density at radius 1 is 1.06 bits per heavy atom. The lowest BCUT2D eigenvalue weighted by atomic mass is 10.1. The van der Waals surface area contributed by atoms with Gasteiger partial charge in [-0.25, -0.2) is 4.79 Å². The quantitative estimate of drug-likeness (QED) is 0.528. The Balaban J connectivity index is 1.46. The van der Waals surface area contributed by atoms with Crippen LogP contribution in [0.2, 0.25) is 0 Å². The fourth-order valence-electron chi connectivity index (χ4n) is 3.00. The van der Waals surface area contributed by atoms with Crippen molar-refractivity contribution in [3.05, 3.63) is 83.3 Å². The summed E-state index contributed by atoms with van der Waals surface area (Å²) < 4.78 is 40.0. The molecule has 0 fully saturated rings. The highest BCUT2D eigenvalue weighted by atomic mass is 32.2. The van der Waals surface area contributed by atoms with E-state index in [1.807, 2.05) is 37.3 Å². The Bertz CT molecular complexity index is 1300. The van der Waals surface area contributed by atoms with Crippen LogP contribution in [0.4, 0.5) is 0 Å². The van der Waals surface area contributed by atoms with Gasteiger partial charge in [-0.2, -0.15) is 13.4 Å². The van der Waals surface area contributed by atoms with Gasteiger partial charge in [0.1, 0.15) is 0 Å². The summed E-state index contributed by atoms with van der Waals surface area (Å²) in [6.07, 6.45) is 1.24. The molecule has 10 heteroatoms. The zero-order valence-corrected chi connectivity index (χ0v) is 18.2. The van der Waals surface area contributed by atoms with Gasteiger partial charge in [-0.05, 0) is 31.5 Å². The summed E-state index contributed by atoms with van der Waals surface area (Å²) in [6.45, 7) is 3.22. The van der Waals surface area contributed by atoms with E-state index in [4.69, 9.17) is 9.26 Å². The molecule has 164 valence electrons. The third-order valence-corrected chi connectivity index (χ3v) is 6.04. The predicted octanol–water partition coefficient (Wildman–Crippen LogP) is 3.19. The zero-order valence-electron chi connectivity index (χ0n) is 17.4. The molecule has 0 bridgehead atoms. The lowest BCUT2D eigenvalue weighted by Crippen LogP contribution is -2.31. The second kappa shape index (κ2) is 8.75. The molecule has 1 aromatic heterocycles. The Morgan fingerprint density at radius 2 is 1.78 bits per heavy atom. The first-order valence-corrected chi connectivity index (χ1v) is 11.1. The van der Waals surface area contributed by atoms with E-state index in [1.165, 1.54) is 13.1 Å². The van der Waals surface area contributed by atoms with E-state index in [1.54, 1.807) is 24.3 Å². The number of rotatable bonds is 6. The number of nitrogens with zero attached hydrogens (tertiary/aromatic N) is 4. The normalized spacial score (nSPS) is 15.1. The third-order valence-electron chi connectivity index (χ3n) is 4.71. The van der Waals surface area contributed by atoms with Gasteiger partial charge < -0.3 is 9.26 Å². The van der Waals surface area contributed by atoms with Crippen molar-refractivity contribution in [2.45, 2.75) is 27.0 Å². The van der Waals surface area contributed by atoms with Gasteiger partial charge >= 0.3 is 16.2 Å². The summed E-state index contributed by atoms with van der Waals surface area (Å²) in [5, 5.41) is 3.83. The van der Waals surface area contributed by atoms with Crippen LogP contribution in [0, 0.1) is 6.92 Å². The van der Waals surface area contributed by atoms with Gasteiger partial charge in [-0.3, -0.25) is 4.31 Å². The summed E-state index contributed by atoms with van der Waals surface area (Å²) >= 11 is 0. The largest absolute Gasteiger partial charge is 0.454 e. The van der Waals surface area contributed by atoms with Crippen molar-refractivity contribution in [2.75, 3.05) is 0 Å². The van der Waals surface area contributed by atoms with Crippen molar-refractivity contribution < 1.29 is 22.5 Å². The summed E-state index contributed by atoms with van der Waals surface area (Å²) in [4.78, 5) is 16.9. The highest BCUT2D eigenvalue weighted by Gasteiger charge is 2.29. The van der Waals surface area contributed by atoms with E-state index in [-0.39, 0.29) is 30.3 Å². The molecule has 1 aliphatic heterocycles. The molecule has 0 unspecified atom stereocenters. The molecule has 0 saturated heterocycles. The van der Waals surface area contributed by atoms with Crippen LogP contribution in [0.15, 0.2) is 75.3 Å². The minimum Gasteiger partial charge on any atom is -0.454 e. The molecule has 0 saturated carbocycles. The van der Waals surface area contributed by atoms with Crippen molar-refractivity contribution in [1.82, 2.24) is 14.4 Å². The zero-order chi connectivity index (χ0) is 22.7. The van der Waals surface area contributed by atoms with Crippen LogP contribution in [0.25, 0.3) is 11.5 Å². The number of ether oxygens (including phenoxy) is 1. The molecular formula is C22H20N4O5S. The van der Waals surface area contributed by atoms with E-state index >= 15 is 0 Å². The maximum Gasteiger partial charge on any atom is 0.344 e. The topological polar surface area (TPSA) is 115 Å². The van der Waals surface area contributed by atoms with Crippen LogP contribution in [-0.2, 0) is 32.9 Å². The lowest BCUT2D eigenvalue weighted by Gasteiger charge is -2.23. The maximum absolute atomic E-state index is 12.6. The van der Waals surface area contributed by atoms with Crippen molar-refractivity contribution >= 4 is 21.9 Å². The van der Waals surface area contributed by atoms with Gasteiger partial charge in [0, 0.05) is 11.8 Å². The predicted molar refractivity (Wildman–Crippen MR) is 116 cm³/mol. The summed E-state index contributed by atoms with van der Waals surface area (Å²) in [5.41, 5.74) is 2.69. The van der Waals surface area contributed by atoms with Gasteiger partial charge in [0.2, 0.25) is 5.82 Å². The van der Waals surface area contributed by atoms with Crippen LogP contribution in [0.5, 0.6) is 0 Å². The third kappa shape index (κ3) is 4.75. The minimum atomic E-state index is -3.94. The molecule has 0 aliphatic carbocycles. The molecule has 0 amide bonds. The molecule has 2 heterocycles. The number of carbonyl (C=O) groups is 1. The molecular weight excluding hydrogens is 432 g/mol. The molecule has 9 nitrogen and oxygen atoms in total. The first kappa shape index (κ1) is 21.4. The van der Waals surface area contributed by atoms with E-state index in [0.29, 0.717) is 5.89 Å².